The van der Waals surface area contributed by atoms with Crippen LogP contribution in [0.2, 0.25) is 0 Å². The summed E-state index contributed by atoms with van der Waals surface area (Å²) in [5, 5.41) is 0. The monoisotopic (exact) mass is 490 g/mol. The zero-order chi connectivity index (χ0) is 26.0. The summed E-state index contributed by atoms with van der Waals surface area (Å²) in [5.41, 5.74) is 0. The predicted molar refractivity (Wildman–Crippen MR) is 138 cm³/mol. The Kier molecular flexibility index (Phi) is 27.1. The fourth-order valence-electron chi connectivity index (χ4n) is 2.91. The molecule has 0 spiro atoms. The molecule has 0 saturated heterocycles. The summed E-state index contributed by atoms with van der Waals surface area (Å²) < 4.78 is 21.1. The first-order valence-corrected chi connectivity index (χ1v) is 13.1. The Hall–Kier alpha value is -1.22. The van der Waals surface area contributed by atoms with Crippen molar-refractivity contribution in [1.82, 2.24) is 9.80 Å². The molecule has 34 heavy (non-hydrogen) atoms. The van der Waals surface area contributed by atoms with Gasteiger partial charge in [0.15, 0.2) is 0 Å². The van der Waals surface area contributed by atoms with Crippen LogP contribution in [-0.4, -0.2) is 102 Å². The summed E-state index contributed by atoms with van der Waals surface area (Å²) in [6, 6.07) is 0. The van der Waals surface area contributed by atoms with Gasteiger partial charge in [0, 0.05) is 33.3 Å². The van der Waals surface area contributed by atoms with Crippen LogP contribution in [0.25, 0.3) is 0 Å². The van der Waals surface area contributed by atoms with E-state index in [1.807, 2.05) is 41.8 Å². The minimum atomic E-state index is -0.133. The van der Waals surface area contributed by atoms with E-state index in [1.54, 1.807) is 7.11 Å². The van der Waals surface area contributed by atoms with Crippen molar-refractivity contribution < 1.29 is 28.5 Å². The van der Waals surface area contributed by atoms with E-state index in [9.17, 15) is 9.59 Å². The molecule has 0 unspecified atom stereocenters. The van der Waals surface area contributed by atoms with E-state index >= 15 is 0 Å². The van der Waals surface area contributed by atoms with E-state index in [1.165, 1.54) is 0 Å². The lowest BCUT2D eigenvalue weighted by atomic mass is 10.1. The first kappa shape index (κ1) is 34.9. The summed E-state index contributed by atoms with van der Waals surface area (Å²) in [6.07, 6.45) is 7.18. The largest absolute Gasteiger partial charge is 0.466 e. The number of ether oxygens (including phenoxy) is 4. The van der Waals surface area contributed by atoms with Crippen LogP contribution < -0.4 is 0 Å². The molecule has 8 nitrogen and oxygen atoms in total. The van der Waals surface area contributed by atoms with Crippen LogP contribution in [0.15, 0.2) is 0 Å². The van der Waals surface area contributed by atoms with Gasteiger partial charge in [0.1, 0.15) is 0 Å². The molecule has 0 aliphatic heterocycles. The molecule has 0 aliphatic rings. The van der Waals surface area contributed by atoms with Gasteiger partial charge in [-0.3, -0.25) is 9.59 Å². The first-order valence-electron chi connectivity index (χ1n) is 13.1. The predicted octanol–water partition coefficient (Wildman–Crippen LogP) is 4.15. The van der Waals surface area contributed by atoms with Crippen molar-refractivity contribution in [3.8, 4) is 0 Å². The molecule has 0 bridgehead atoms. The van der Waals surface area contributed by atoms with Crippen molar-refractivity contribution >= 4 is 11.9 Å². The highest BCUT2D eigenvalue weighted by Gasteiger charge is 2.07. The Morgan fingerprint density at radius 3 is 1.47 bits per heavy atom. The van der Waals surface area contributed by atoms with Gasteiger partial charge in [-0.2, -0.15) is 0 Å². The lowest BCUT2D eigenvalue weighted by molar-refractivity contribution is -0.145. The average Bonchev–Trinajstić information content (AvgIpc) is 2.82. The summed E-state index contributed by atoms with van der Waals surface area (Å²) in [5.74, 6) is -0.264. The first-order chi connectivity index (χ1) is 16.3. The molecule has 0 N–H and O–H groups in total. The molecule has 0 radical (unpaired) electrons. The Bertz CT molecular complexity index is 463. The third-order valence-corrected chi connectivity index (χ3v) is 5.06. The average molecular weight is 491 g/mol. The van der Waals surface area contributed by atoms with E-state index in [-0.39, 0.29) is 18.0 Å². The molecule has 204 valence electrons. The van der Waals surface area contributed by atoms with Crippen LogP contribution in [0.5, 0.6) is 0 Å². The second kappa shape index (κ2) is 26.4. The van der Waals surface area contributed by atoms with Crippen molar-refractivity contribution in [2.24, 2.45) is 0 Å². The van der Waals surface area contributed by atoms with E-state index in [0.29, 0.717) is 52.4 Å². The van der Waals surface area contributed by atoms with Crippen molar-refractivity contribution in [2.45, 2.75) is 85.2 Å². The number of rotatable bonds is 22. The molecule has 0 aromatic rings. The molecule has 0 amide bonds. The molecular weight excluding hydrogens is 436 g/mol. The fraction of sp³-hybridized carbons (Fsp3) is 0.923. The molecule has 0 aromatic heterocycles. The molecule has 8 heteroatoms. The summed E-state index contributed by atoms with van der Waals surface area (Å²) in [4.78, 5) is 27.6. The smallest absolute Gasteiger partial charge is 0.307 e. The van der Waals surface area contributed by atoms with Gasteiger partial charge in [-0.05, 0) is 40.8 Å². The number of unbranched alkanes of at least 4 members (excludes halogenated alkanes) is 5. The molecule has 0 aliphatic carbocycles. The number of esters is 2. The number of hydrogen-bond donors (Lipinski definition) is 0. The third kappa shape index (κ3) is 27.0. The minimum absolute atomic E-state index is 0.131. The number of nitrogens with zero attached hydrogens (tertiary/aromatic N) is 2. The number of carbonyl (C=O) groups is 2. The Labute approximate surface area is 209 Å². The van der Waals surface area contributed by atoms with Crippen molar-refractivity contribution in [2.75, 3.05) is 73.8 Å². The maximum atomic E-state index is 11.8. The minimum Gasteiger partial charge on any atom is -0.466 e. The zero-order valence-corrected chi connectivity index (χ0v) is 23.2. The van der Waals surface area contributed by atoms with Crippen LogP contribution in [0.3, 0.4) is 0 Å². The van der Waals surface area contributed by atoms with Gasteiger partial charge in [-0.15, -0.1) is 0 Å². The fourth-order valence-corrected chi connectivity index (χ4v) is 2.91. The van der Waals surface area contributed by atoms with Crippen molar-refractivity contribution in [3.05, 3.63) is 0 Å². The molecule has 0 rings (SSSR count). The molecule has 0 aromatic carbocycles. The maximum Gasteiger partial charge on any atom is 0.307 e. The van der Waals surface area contributed by atoms with Gasteiger partial charge in [-0.25, -0.2) is 0 Å². The molecule has 0 atom stereocenters. The number of carbonyl (C=O) groups excluding carboxylic acids is 2. The lowest BCUT2D eigenvalue weighted by Crippen LogP contribution is -2.27. The van der Waals surface area contributed by atoms with E-state index in [4.69, 9.17) is 18.9 Å². The molecule has 0 fully saturated rings. The third-order valence-electron chi connectivity index (χ3n) is 5.06. The second-order valence-electron chi connectivity index (χ2n) is 8.58. The van der Waals surface area contributed by atoms with Gasteiger partial charge in [0.05, 0.1) is 45.4 Å². The highest BCUT2D eigenvalue weighted by molar-refractivity contribution is 5.69. The number of likely N-dealkylation sites (N-methyl/N-ethyl adjacent to an activating group) is 2. The number of methoxy groups -OCH3 is 1. The van der Waals surface area contributed by atoms with Crippen LogP contribution >= 0.6 is 0 Å². The van der Waals surface area contributed by atoms with Crippen LogP contribution in [-0.2, 0) is 28.5 Å². The topological polar surface area (TPSA) is 77.5 Å². The summed E-state index contributed by atoms with van der Waals surface area (Å²) >= 11 is 0. The second-order valence-corrected chi connectivity index (χ2v) is 8.58. The van der Waals surface area contributed by atoms with E-state index in [0.717, 1.165) is 51.6 Å². The normalized spacial score (nSPS) is 11.0. The van der Waals surface area contributed by atoms with Gasteiger partial charge in [0.25, 0.3) is 0 Å². The number of hydrogen-bond acceptors (Lipinski definition) is 8. The van der Waals surface area contributed by atoms with Gasteiger partial charge < -0.3 is 28.7 Å². The van der Waals surface area contributed by atoms with Crippen LogP contribution in [0, 0.1) is 0 Å². The highest BCUT2D eigenvalue weighted by Crippen LogP contribution is 2.06. The lowest BCUT2D eigenvalue weighted by Gasteiger charge is -2.17. The summed E-state index contributed by atoms with van der Waals surface area (Å²) in [6.45, 7) is 13.4. The van der Waals surface area contributed by atoms with Gasteiger partial charge >= 0.3 is 11.9 Å². The maximum absolute atomic E-state index is 11.8. The SMILES string of the molecule is CC.COCCN(C)CCC(=O)OCCCCCCCCOC(=O)CCN(C)CCOC(C)C. The standard InChI is InChI=1S/C24H48N2O6.C2H6/c1-22(2)30-21-17-26(4)15-13-24(28)32-19-11-9-7-6-8-10-18-31-23(27)12-14-25(3)16-20-29-5;1-2/h22H,6-21H2,1-5H3;1-2H3. The molecular formula is C26H54N2O6. The van der Waals surface area contributed by atoms with E-state index in [2.05, 4.69) is 9.80 Å². The molecule has 0 saturated carbocycles. The van der Waals surface area contributed by atoms with Crippen LogP contribution in [0.1, 0.15) is 79.1 Å². The highest BCUT2D eigenvalue weighted by atomic mass is 16.5. The van der Waals surface area contributed by atoms with E-state index < -0.39 is 0 Å². The van der Waals surface area contributed by atoms with Crippen molar-refractivity contribution in [3.63, 3.8) is 0 Å². The van der Waals surface area contributed by atoms with Crippen molar-refractivity contribution in [1.29, 1.82) is 0 Å². The Morgan fingerprint density at radius 2 is 1.06 bits per heavy atom. The quantitative estimate of drug-likeness (QED) is 0.165. The van der Waals surface area contributed by atoms with Crippen LogP contribution in [0.4, 0.5) is 0 Å². The summed E-state index contributed by atoms with van der Waals surface area (Å²) in [7, 11) is 5.63. The van der Waals surface area contributed by atoms with Gasteiger partial charge in [0.2, 0.25) is 0 Å². The Balaban J connectivity index is 0. The Morgan fingerprint density at radius 1 is 0.647 bits per heavy atom. The molecule has 0 heterocycles. The van der Waals surface area contributed by atoms with Gasteiger partial charge in [-0.1, -0.05) is 39.5 Å². The zero-order valence-electron chi connectivity index (χ0n) is 23.2.